The zero-order valence-electron chi connectivity index (χ0n) is 18.8. The molecule has 4 fully saturated rings. The highest BCUT2D eigenvalue weighted by Crippen LogP contribution is 2.61. The second kappa shape index (κ2) is 7.53. The molecule has 2 amide bonds. The third kappa shape index (κ3) is 5.21. The molecule has 0 unspecified atom stereocenters. The molecule has 28 heavy (non-hydrogen) atoms. The summed E-state index contributed by atoms with van der Waals surface area (Å²) in [6, 6.07) is 0. The zero-order chi connectivity index (χ0) is 20.7. The number of nitrogens with zero attached hydrogens (tertiary/aromatic N) is 1. The van der Waals surface area contributed by atoms with Gasteiger partial charge in [0.2, 0.25) is 5.91 Å². The van der Waals surface area contributed by atoms with Gasteiger partial charge in [-0.25, -0.2) is 4.79 Å². The SMILES string of the molecule is CC(C)(C)OC(=O)N(CCNC(=O)CC12CC3CC(CC(C3)C1)C2)C(C)(C)C. The number of hydrogen-bond donors (Lipinski definition) is 1. The molecule has 0 spiro atoms. The Bertz CT molecular complexity index is 565. The van der Waals surface area contributed by atoms with Gasteiger partial charge >= 0.3 is 6.09 Å². The van der Waals surface area contributed by atoms with Gasteiger partial charge in [-0.15, -0.1) is 0 Å². The Kier molecular flexibility index (Phi) is 5.77. The number of amides is 2. The first-order valence-electron chi connectivity index (χ1n) is 11.1. The summed E-state index contributed by atoms with van der Waals surface area (Å²) >= 11 is 0. The summed E-state index contributed by atoms with van der Waals surface area (Å²) < 4.78 is 5.55. The van der Waals surface area contributed by atoms with E-state index in [1.807, 2.05) is 41.5 Å². The van der Waals surface area contributed by atoms with E-state index in [0.29, 0.717) is 19.5 Å². The minimum Gasteiger partial charge on any atom is -0.444 e. The fraction of sp³-hybridized carbons (Fsp3) is 0.913. The van der Waals surface area contributed by atoms with Gasteiger partial charge < -0.3 is 15.0 Å². The van der Waals surface area contributed by atoms with Crippen LogP contribution in [-0.4, -0.2) is 41.1 Å². The van der Waals surface area contributed by atoms with Crippen molar-refractivity contribution in [3.8, 4) is 0 Å². The lowest BCUT2D eigenvalue weighted by atomic mass is 9.49. The van der Waals surface area contributed by atoms with Crippen molar-refractivity contribution in [3.05, 3.63) is 0 Å². The molecule has 0 aromatic rings. The van der Waals surface area contributed by atoms with Crippen LogP contribution in [0.2, 0.25) is 0 Å². The maximum Gasteiger partial charge on any atom is 0.410 e. The van der Waals surface area contributed by atoms with E-state index in [1.165, 1.54) is 38.5 Å². The number of carbonyl (C=O) groups is 2. The largest absolute Gasteiger partial charge is 0.444 e. The highest BCUT2D eigenvalue weighted by atomic mass is 16.6. The molecule has 4 bridgehead atoms. The molecule has 4 rings (SSSR count). The molecule has 0 atom stereocenters. The molecule has 4 saturated carbocycles. The van der Waals surface area contributed by atoms with Crippen LogP contribution >= 0.6 is 0 Å². The second-order valence-electron chi connectivity index (χ2n) is 11.7. The van der Waals surface area contributed by atoms with Gasteiger partial charge in [0, 0.05) is 25.0 Å². The molecular formula is C23H40N2O3. The van der Waals surface area contributed by atoms with Crippen LogP contribution in [0.5, 0.6) is 0 Å². The molecule has 160 valence electrons. The minimum absolute atomic E-state index is 0.153. The van der Waals surface area contributed by atoms with Crippen molar-refractivity contribution in [2.24, 2.45) is 23.2 Å². The first-order valence-corrected chi connectivity index (χ1v) is 11.1. The van der Waals surface area contributed by atoms with Crippen LogP contribution in [0, 0.1) is 23.2 Å². The Balaban J connectivity index is 1.50. The Morgan fingerprint density at radius 3 is 1.89 bits per heavy atom. The maximum atomic E-state index is 12.7. The van der Waals surface area contributed by atoms with Crippen molar-refractivity contribution < 1.29 is 14.3 Å². The van der Waals surface area contributed by atoms with Gasteiger partial charge in [-0.1, -0.05) is 0 Å². The molecule has 5 nitrogen and oxygen atoms in total. The summed E-state index contributed by atoms with van der Waals surface area (Å²) in [7, 11) is 0. The van der Waals surface area contributed by atoms with Crippen molar-refractivity contribution in [3.63, 3.8) is 0 Å². The molecule has 0 aromatic heterocycles. The van der Waals surface area contributed by atoms with Gasteiger partial charge in [-0.2, -0.15) is 0 Å². The minimum atomic E-state index is -0.525. The average Bonchev–Trinajstić information content (AvgIpc) is 2.46. The van der Waals surface area contributed by atoms with Crippen LogP contribution < -0.4 is 5.32 Å². The van der Waals surface area contributed by atoms with Crippen molar-refractivity contribution in [2.75, 3.05) is 13.1 Å². The van der Waals surface area contributed by atoms with E-state index in [1.54, 1.807) is 4.90 Å². The van der Waals surface area contributed by atoms with Gasteiger partial charge in [0.05, 0.1) is 0 Å². The predicted molar refractivity (Wildman–Crippen MR) is 111 cm³/mol. The summed E-state index contributed by atoms with van der Waals surface area (Å²) in [5.74, 6) is 2.74. The molecular weight excluding hydrogens is 352 g/mol. The topological polar surface area (TPSA) is 58.6 Å². The number of ether oxygens (including phenoxy) is 1. The number of carbonyl (C=O) groups excluding carboxylic acids is 2. The number of hydrogen-bond acceptors (Lipinski definition) is 3. The number of nitrogens with one attached hydrogen (secondary N) is 1. The van der Waals surface area contributed by atoms with E-state index in [-0.39, 0.29) is 23.0 Å². The van der Waals surface area contributed by atoms with E-state index in [4.69, 9.17) is 4.74 Å². The molecule has 0 aromatic carbocycles. The fourth-order valence-corrected chi connectivity index (χ4v) is 6.23. The highest BCUT2D eigenvalue weighted by molar-refractivity contribution is 5.77. The van der Waals surface area contributed by atoms with E-state index >= 15 is 0 Å². The van der Waals surface area contributed by atoms with E-state index in [2.05, 4.69) is 5.32 Å². The van der Waals surface area contributed by atoms with Crippen molar-refractivity contribution in [1.82, 2.24) is 10.2 Å². The average molecular weight is 393 g/mol. The molecule has 0 aliphatic heterocycles. The number of rotatable bonds is 5. The first kappa shape index (κ1) is 21.4. The normalized spacial score (nSPS) is 31.6. The van der Waals surface area contributed by atoms with E-state index in [9.17, 15) is 9.59 Å². The lowest BCUT2D eigenvalue weighted by molar-refractivity contribution is -0.129. The van der Waals surface area contributed by atoms with Crippen LogP contribution in [0.4, 0.5) is 4.79 Å². The van der Waals surface area contributed by atoms with Gasteiger partial charge in [0.1, 0.15) is 5.60 Å². The van der Waals surface area contributed by atoms with Gasteiger partial charge in [-0.3, -0.25) is 4.79 Å². The third-order valence-corrected chi connectivity index (χ3v) is 6.78. The van der Waals surface area contributed by atoms with Crippen LogP contribution in [0.15, 0.2) is 0 Å². The van der Waals surface area contributed by atoms with Crippen molar-refractivity contribution in [2.45, 2.75) is 97.6 Å². The van der Waals surface area contributed by atoms with Crippen molar-refractivity contribution >= 4 is 12.0 Å². The maximum absolute atomic E-state index is 12.7. The lowest BCUT2D eigenvalue weighted by Gasteiger charge is -2.56. The quantitative estimate of drug-likeness (QED) is 0.735. The summed E-state index contributed by atoms with van der Waals surface area (Å²) in [4.78, 5) is 27.0. The third-order valence-electron chi connectivity index (χ3n) is 6.78. The molecule has 4 aliphatic rings. The Labute approximate surface area is 170 Å². The fourth-order valence-electron chi connectivity index (χ4n) is 6.23. The lowest BCUT2D eigenvalue weighted by Crippen LogP contribution is -2.51. The van der Waals surface area contributed by atoms with E-state index in [0.717, 1.165) is 17.8 Å². The van der Waals surface area contributed by atoms with Gasteiger partial charge in [0.25, 0.3) is 0 Å². The monoisotopic (exact) mass is 392 g/mol. The Morgan fingerprint density at radius 1 is 0.964 bits per heavy atom. The standard InChI is InChI=1S/C23H40N2O3/c1-21(2,3)25(20(27)28-22(4,5)6)8-7-24-19(26)15-23-12-16-9-17(13-23)11-18(10-16)14-23/h16-18H,7-15H2,1-6H3,(H,24,26). The summed E-state index contributed by atoms with van der Waals surface area (Å²) in [5.41, 5.74) is -0.622. The summed E-state index contributed by atoms with van der Waals surface area (Å²) in [6.45, 7) is 12.5. The van der Waals surface area contributed by atoms with Crippen LogP contribution in [0.25, 0.3) is 0 Å². The highest BCUT2D eigenvalue weighted by Gasteiger charge is 2.51. The predicted octanol–water partition coefficient (Wildman–Crippen LogP) is 4.74. The van der Waals surface area contributed by atoms with Gasteiger partial charge in [0.15, 0.2) is 0 Å². The Hall–Kier alpha value is -1.26. The second-order valence-corrected chi connectivity index (χ2v) is 11.7. The molecule has 4 aliphatic carbocycles. The molecule has 0 saturated heterocycles. The van der Waals surface area contributed by atoms with E-state index < -0.39 is 5.60 Å². The zero-order valence-corrected chi connectivity index (χ0v) is 18.8. The van der Waals surface area contributed by atoms with Crippen LogP contribution in [-0.2, 0) is 9.53 Å². The molecule has 5 heteroatoms. The molecule has 1 N–H and O–H groups in total. The molecule has 0 heterocycles. The summed E-state index contributed by atoms with van der Waals surface area (Å²) in [5, 5.41) is 3.09. The van der Waals surface area contributed by atoms with Crippen LogP contribution in [0.1, 0.15) is 86.5 Å². The van der Waals surface area contributed by atoms with Crippen LogP contribution in [0.3, 0.4) is 0 Å². The Morgan fingerprint density at radius 2 is 1.46 bits per heavy atom. The molecule has 0 radical (unpaired) electrons. The first-order chi connectivity index (χ1) is 12.9. The summed E-state index contributed by atoms with van der Waals surface area (Å²) in [6.07, 6.45) is 8.29. The smallest absolute Gasteiger partial charge is 0.410 e. The van der Waals surface area contributed by atoms with Crippen molar-refractivity contribution in [1.29, 1.82) is 0 Å². The van der Waals surface area contributed by atoms with Gasteiger partial charge in [-0.05, 0) is 103 Å².